The fourth-order valence-electron chi connectivity index (χ4n) is 1.50. The molecule has 1 rings (SSSR count). The van der Waals surface area contributed by atoms with Gasteiger partial charge in [-0.05, 0) is 31.4 Å². The van der Waals surface area contributed by atoms with Gasteiger partial charge in [-0.15, -0.1) is 0 Å². The van der Waals surface area contributed by atoms with E-state index >= 15 is 0 Å². The molecule has 82 valence electrons. The van der Waals surface area contributed by atoms with Gasteiger partial charge in [0.15, 0.2) is 0 Å². The van der Waals surface area contributed by atoms with E-state index in [-0.39, 0.29) is 0 Å². The average Bonchev–Trinajstić information content (AvgIpc) is 2.26. The third-order valence-corrected chi connectivity index (χ3v) is 2.34. The molecule has 0 spiro atoms. The number of aryl methyl sites for hydroxylation is 1. The van der Waals surface area contributed by atoms with Crippen LogP contribution in [0.2, 0.25) is 0 Å². The van der Waals surface area contributed by atoms with E-state index in [4.69, 9.17) is 4.74 Å². The Hall–Kier alpha value is -1.15. The molecule has 0 N–H and O–H groups in total. The molecule has 1 aromatic rings. The van der Waals surface area contributed by atoms with Crippen LogP contribution in [0.25, 0.3) is 0 Å². The summed E-state index contributed by atoms with van der Waals surface area (Å²) in [6.07, 6.45) is 0.942. The maximum atomic E-state index is 5.24. The number of rotatable bonds is 5. The van der Waals surface area contributed by atoms with Gasteiger partial charge in [0.25, 0.3) is 0 Å². The Morgan fingerprint density at radius 1 is 1.27 bits per heavy atom. The van der Waals surface area contributed by atoms with Crippen molar-refractivity contribution in [2.24, 2.45) is 4.99 Å². The van der Waals surface area contributed by atoms with Crippen LogP contribution < -0.4 is 0 Å². The fourth-order valence-corrected chi connectivity index (χ4v) is 1.50. The van der Waals surface area contributed by atoms with Gasteiger partial charge in [-0.3, -0.25) is 4.99 Å². The van der Waals surface area contributed by atoms with Crippen LogP contribution in [0.1, 0.15) is 31.4 Å². The first-order valence-corrected chi connectivity index (χ1v) is 5.46. The summed E-state index contributed by atoms with van der Waals surface area (Å²) in [5.74, 6) is 0. The van der Waals surface area contributed by atoms with Gasteiger partial charge in [-0.25, -0.2) is 0 Å². The SMILES string of the molecule is CCOC/N=C(\CC)c1ccccc1C. The van der Waals surface area contributed by atoms with Gasteiger partial charge in [0, 0.05) is 12.3 Å². The normalized spacial score (nSPS) is 11.8. The molecule has 0 aromatic heterocycles. The largest absolute Gasteiger partial charge is 0.360 e. The summed E-state index contributed by atoms with van der Waals surface area (Å²) in [7, 11) is 0. The molecule has 0 aliphatic rings. The van der Waals surface area contributed by atoms with Gasteiger partial charge < -0.3 is 4.74 Å². The minimum Gasteiger partial charge on any atom is -0.360 e. The number of aliphatic imine (C=N–C) groups is 1. The number of nitrogens with zero attached hydrogens (tertiary/aromatic N) is 1. The molecule has 1 aromatic carbocycles. The Kier molecular flexibility index (Phi) is 5.05. The van der Waals surface area contributed by atoms with E-state index < -0.39 is 0 Å². The smallest absolute Gasteiger partial charge is 0.137 e. The van der Waals surface area contributed by atoms with E-state index in [1.807, 2.05) is 13.0 Å². The Balaban J connectivity index is 2.83. The molecule has 0 unspecified atom stereocenters. The minimum atomic E-state index is 0.466. The Labute approximate surface area is 92.0 Å². The summed E-state index contributed by atoms with van der Waals surface area (Å²) in [5, 5.41) is 0. The van der Waals surface area contributed by atoms with Crippen LogP contribution >= 0.6 is 0 Å². The van der Waals surface area contributed by atoms with Crippen molar-refractivity contribution in [1.82, 2.24) is 0 Å². The van der Waals surface area contributed by atoms with Crippen molar-refractivity contribution in [3.63, 3.8) is 0 Å². The molecule has 0 saturated carbocycles. The molecule has 0 amide bonds. The number of hydrogen-bond acceptors (Lipinski definition) is 2. The zero-order chi connectivity index (χ0) is 11.1. The summed E-state index contributed by atoms with van der Waals surface area (Å²) in [5.41, 5.74) is 3.64. The van der Waals surface area contributed by atoms with E-state index in [1.165, 1.54) is 11.1 Å². The second-order valence-corrected chi connectivity index (χ2v) is 3.40. The van der Waals surface area contributed by atoms with Crippen molar-refractivity contribution in [3.8, 4) is 0 Å². The van der Waals surface area contributed by atoms with Gasteiger partial charge in [0.2, 0.25) is 0 Å². The Morgan fingerprint density at radius 2 is 2.00 bits per heavy atom. The summed E-state index contributed by atoms with van der Waals surface area (Å²) in [6, 6.07) is 8.33. The van der Waals surface area contributed by atoms with Crippen molar-refractivity contribution in [2.45, 2.75) is 27.2 Å². The van der Waals surface area contributed by atoms with E-state index in [9.17, 15) is 0 Å². The summed E-state index contributed by atoms with van der Waals surface area (Å²) >= 11 is 0. The lowest BCUT2D eigenvalue weighted by molar-refractivity contribution is 0.156. The molecule has 2 nitrogen and oxygen atoms in total. The van der Waals surface area contributed by atoms with Crippen LogP contribution in [0.4, 0.5) is 0 Å². The molecule has 0 atom stereocenters. The summed E-state index contributed by atoms with van der Waals surface area (Å²) in [4.78, 5) is 4.46. The van der Waals surface area contributed by atoms with E-state index in [2.05, 4.69) is 37.0 Å². The van der Waals surface area contributed by atoms with Gasteiger partial charge >= 0.3 is 0 Å². The third-order valence-electron chi connectivity index (χ3n) is 2.34. The van der Waals surface area contributed by atoms with Gasteiger partial charge in [0.05, 0.1) is 0 Å². The molecule has 0 saturated heterocycles. The first kappa shape index (κ1) is 11.9. The highest BCUT2D eigenvalue weighted by atomic mass is 16.5. The number of benzene rings is 1. The molecule has 0 aliphatic heterocycles. The van der Waals surface area contributed by atoms with Crippen LogP contribution in [-0.4, -0.2) is 19.0 Å². The number of ether oxygens (including phenoxy) is 1. The van der Waals surface area contributed by atoms with Crippen molar-refractivity contribution >= 4 is 5.71 Å². The highest BCUT2D eigenvalue weighted by molar-refractivity contribution is 6.01. The van der Waals surface area contributed by atoms with Gasteiger partial charge in [-0.1, -0.05) is 31.2 Å². The van der Waals surface area contributed by atoms with E-state index in [0.717, 1.165) is 12.1 Å². The standard InChI is InChI=1S/C13H19NO/c1-4-13(14-10-15-5-2)12-9-7-6-8-11(12)3/h6-9H,4-5,10H2,1-3H3/b14-13+. The quantitative estimate of drug-likeness (QED) is 0.534. The minimum absolute atomic E-state index is 0.466. The highest BCUT2D eigenvalue weighted by Crippen LogP contribution is 2.10. The van der Waals surface area contributed by atoms with Crippen LogP contribution in [0, 0.1) is 6.92 Å². The van der Waals surface area contributed by atoms with Gasteiger partial charge in [-0.2, -0.15) is 0 Å². The predicted octanol–water partition coefficient (Wildman–Crippen LogP) is 3.19. The third kappa shape index (κ3) is 3.48. The van der Waals surface area contributed by atoms with E-state index in [1.54, 1.807) is 0 Å². The van der Waals surface area contributed by atoms with Crippen molar-refractivity contribution in [3.05, 3.63) is 35.4 Å². The van der Waals surface area contributed by atoms with Crippen LogP contribution in [0.15, 0.2) is 29.3 Å². The molecule has 0 fully saturated rings. The average molecular weight is 205 g/mol. The van der Waals surface area contributed by atoms with Crippen molar-refractivity contribution in [1.29, 1.82) is 0 Å². The second-order valence-electron chi connectivity index (χ2n) is 3.40. The first-order valence-electron chi connectivity index (χ1n) is 5.46. The molecule has 15 heavy (non-hydrogen) atoms. The molecule has 0 aliphatic carbocycles. The highest BCUT2D eigenvalue weighted by Gasteiger charge is 2.03. The molecule has 0 heterocycles. The summed E-state index contributed by atoms with van der Waals surface area (Å²) < 4.78 is 5.24. The number of hydrogen-bond donors (Lipinski definition) is 0. The topological polar surface area (TPSA) is 21.6 Å². The van der Waals surface area contributed by atoms with Crippen LogP contribution in [0.3, 0.4) is 0 Å². The van der Waals surface area contributed by atoms with Crippen LogP contribution in [-0.2, 0) is 4.74 Å². The first-order chi connectivity index (χ1) is 7.29. The van der Waals surface area contributed by atoms with Crippen molar-refractivity contribution < 1.29 is 4.74 Å². The summed E-state index contributed by atoms with van der Waals surface area (Å²) in [6.45, 7) is 7.40. The zero-order valence-electron chi connectivity index (χ0n) is 9.79. The lowest BCUT2D eigenvalue weighted by Crippen LogP contribution is -2.04. The predicted molar refractivity (Wildman–Crippen MR) is 64.5 cm³/mol. The monoisotopic (exact) mass is 205 g/mol. The molecule has 0 radical (unpaired) electrons. The molecule has 0 bridgehead atoms. The maximum Gasteiger partial charge on any atom is 0.137 e. The van der Waals surface area contributed by atoms with E-state index in [0.29, 0.717) is 13.3 Å². The second kappa shape index (κ2) is 6.36. The Bertz CT molecular complexity index is 331. The Morgan fingerprint density at radius 3 is 2.60 bits per heavy atom. The molecule has 2 heteroatoms. The molecular formula is C13H19NO. The van der Waals surface area contributed by atoms with Crippen molar-refractivity contribution in [2.75, 3.05) is 13.3 Å². The van der Waals surface area contributed by atoms with Gasteiger partial charge in [0.1, 0.15) is 6.73 Å². The maximum absolute atomic E-state index is 5.24. The van der Waals surface area contributed by atoms with Crippen LogP contribution in [0.5, 0.6) is 0 Å². The fraction of sp³-hybridized carbons (Fsp3) is 0.462. The lowest BCUT2D eigenvalue weighted by Gasteiger charge is -2.07. The lowest BCUT2D eigenvalue weighted by atomic mass is 10.0. The molecular weight excluding hydrogens is 186 g/mol. The zero-order valence-corrected chi connectivity index (χ0v) is 9.79.